The molecule has 5 fully saturated rings. The average molecular weight is 561 g/mol. The van der Waals surface area contributed by atoms with Crippen LogP contribution in [0.15, 0.2) is 24.3 Å². The number of hydrogen-bond donors (Lipinski definition) is 3. The zero-order valence-electron chi connectivity index (χ0n) is 23.4. The molecule has 6 rings (SSSR count). The highest BCUT2D eigenvalue weighted by molar-refractivity contribution is 6.30. The molecule has 3 amide bonds. The highest BCUT2D eigenvalue weighted by Crippen LogP contribution is 2.62. The summed E-state index contributed by atoms with van der Waals surface area (Å²) in [6.45, 7) is 2.46. The highest BCUT2D eigenvalue weighted by Gasteiger charge is 2.53. The van der Waals surface area contributed by atoms with Crippen molar-refractivity contribution in [1.29, 1.82) is 0 Å². The molecule has 0 unspecified atom stereocenters. The Balaban J connectivity index is 1.25. The minimum Gasteiger partial charge on any atom is -0.447 e. The number of benzene rings is 1. The number of likely N-dealkylation sites (tertiary alicyclic amines) is 1. The fourth-order valence-corrected chi connectivity index (χ4v) is 8.59. The maximum absolute atomic E-state index is 13.9. The van der Waals surface area contributed by atoms with Gasteiger partial charge in [0.1, 0.15) is 6.61 Å². The van der Waals surface area contributed by atoms with Crippen molar-refractivity contribution in [3.05, 3.63) is 34.9 Å². The number of carbonyl (C=O) groups is 2. The number of hydrogen-bond acceptors (Lipinski definition) is 5. The Kier molecular flexibility index (Phi) is 9.56. The van der Waals surface area contributed by atoms with Crippen LogP contribution in [0.2, 0.25) is 5.02 Å². The van der Waals surface area contributed by atoms with Crippen molar-refractivity contribution in [1.82, 2.24) is 20.9 Å². The predicted molar refractivity (Wildman–Crippen MR) is 152 cm³/mol. The van der Waals surface area contributed by atoms with Gasteiger partial charge in [-0.15, -0.1) is 0 Å². The Morgan fingerprint density at radius 3 is 2.74 bits per heavy atom. The van der Waals surface area contributed by atoms with Gasteiger partial charge in [-0.2, -0.15) is 0 Å². The normalized spacial score (nSPS) is 31.8. The number of nitrogens with zero attached hydrogens (tertiary/aromatic N) is 1. The third-order valence-corrected chi connectivity index (χ3v) is 10.0. The Morgan fingerprint density at radius 1 is 1.13 bits per heavy atom. The minimum atomic E-state index is -0.467. The van der Waals surface area contributed by atoms with Gasteiger partial charge in [-0.05, 0) is 99.3 Å². The van der Waals surface area contributed by atoms with E-state index in [-0.39, 0.29) is 30.6 Å². The van der Waals surface area contributed by atoms with Crippen molar-refractivity contribution in [2.75, 3.05) is 47.0 Å². The summed E-state index contributed by atoms with van der Waals surface area (Å²) < 4.78 is 11.0. The lowest BCUT2D eigenvalue weighted by molar-refractivity contribution is 0.0167. The Morgan fingerprint density at radius 2 is 1.97 bits per heavy atom. The van der Waals surface area contributed by atoms with Gasteiger partial charge in [0, 0.05) is 37.1 Å². The number of amides is 3. The zero-order valence-corrected chi connectivity index (χ0v) is 24.1. The SMILES string of the molecule is CNC[C@H](C[C@H]1[C@H]2C[C@@H]3C[C@@H](C2)[C@@H]1C3)NC(=O)N1CCC[C@@H](COCCOC(=O)NC)[C@@H]1c1cccc(Cl)c1. The quantitative estimate of drug-likeness (QED) is 0.337. The lowest BCUT2D eigenvalue weighted by atomic mass is 9.73. The van der Waals surface area contributed by atoms with Crippen LogP contribution in [0.3, 0.4) is 0 Å². The number of nitrogens with one attached hydrogen (secondary N) is 3. The van der Waals surface area contributed by atoms with E-state index in [1.165, 1.54) is 32.7 Å². The summed E-state index contributed by atoms with van der Waals surface area (Å²) in [5.41, 5.74) is 1.03. The maximum atomic E-state index is 13.9. The van der Waals surface area contributed by atoms with E-state index >= 15 is 0 Å². The average Bonchev–Trinajstić information content (AvgIpc) is 3.34. The van der Waals surface area contributed by atoms with E-state index in [1.54, 1.807) is 0 Å². The molecular weight excluding hydrogens is 516 g/mol. The molecule has 8 atom stereocenters. The van der Waals surface area contributed by atoms with Crippen LogP contribution in [-0.4, -0.2) is 70.1 Å². The van der Waals surface area contributed by atoms with Crippen LogP contribution in [-0.2, 0) is 9.47 Å². The molecule has 1 aliphatic heterocycles. The molecule has 4 saturated carbocycles. The fourth-order valence-electron chi connectivity index (χ4n) is 8.39. The zero-order chi connectivity index (χ0) is 27.4. The summed E-state index contributed by atoms with van der Waals surface area (Å²) in [6.07, 6.45) is 8.12. The summed E-state index contributed by atoms with van der Waals surface area (Å²) in [6, 6.07) is 7.82. The van der Waals surface area contributed by atoms with Gasteiger partial charge < -0.3 is 30.3 Å². The fraction of sp³-hybridized carbons (Fsp3) is 0.733. The number of ether oxygens (including phenoxy) is 2. The van der Waals surface area contributed by atoms with E-state index < -0.39 is 6.09 Å². The molecule has 1 saturated heterocycles. The van der Waals surface area contributed by atoms with E-state index in [9.17, 15) is 9.59 Å². The molecule has 39 heavy (non-hydrogen) atoms. The van der Waals surface area contributed by atoms with E-state index in [4.69, 9.17) is 21.1 Å². The topological polar surface area (TPSA) is 91.9 Å². The van der Waals surface area contributed by atoms with Crippen LogP contribution in [0.25, 0.3) is 0 Å². The molecule has 4 aliphatic carbocycles. The van der Waals surface area contributed by atoms with Gasteiger partial charge in [0.2, 0.25) is 0 Å². The molecule has 1 aromatic carbocycles. The second kappa shape index (κ2) is 13.1. The number of piperidine rings is 1. The lowest BCUT2D eigenvalue weighted by Gasteiger charge is -2.42. The smallest absolute Gasteiger partial charge is 0.406 e. The van der Waals surface area contributed by atoms with Crippen molar-refractivity contribution in [3.8, 4) is 0 Å². The van der Waals surface area contributed by atoms with Crippen LogP contribution in [0.1, 0.15) is 56.6 Å². The number of alkyl carbamates (subject to hydrolysis) is 1. The van der Waals surface area contributed by atoms with Crippen molar-refractivity contribution < 1.29 is 19.1 Å². The molecule has 0 radical (unpaired) electrons. The second-order valence-electron chi connectivity index (χ2n) is 12.2. The number of halogens is 1. The Labute approximate surface area is 237 Å². The molecule has 9 heteroatoms. The maximum Gasteiger partial charge on any atom is 0.406 e. The van der Waals surface area contributed by atoms with E-state index in [0.29, 0.717) is 24.8 Å². The van der Waals surface area contributed by atoms with Crippen molar-refractivity contribution in [2.24, 2.45) is 35.5 Å². The second-order valence-corrected chi connectivity index (χ2v) is 12.6. The lowest BCUT2D eigenvalue weighted by Crippen LogP contribution is -2.53. The molecule has 8 nitrogen and oxygen atoms in total. The van der Waals surface area contributed by atoms with Gasteiger partial charge >= 0.3 is 12.1 Å². The van der Waals surface area contributed by atoms with E-state index in [1.807, 2.05) is 30.1 Å². The van der Waals surface area contributed by atoms with Gasteiger partial charge in [0.25, 0.3) is 0 Å². The molecule has 0 aromatic heterocycles. The third-order valence-electron chi connectivity index (χ3n) is 9.78. The molecule has 216 valence electrons. The van der Waals surface area contributed by atoms with E-state index in [2.05, 4.69) is 22.0 Å². The summed E-state index contributed by atoms with van der Waals surface area (Å²) in [5, 5.41) is 9.88. The first-order chi connectivity index (χ1) is 19.0. The number of likely N-dealkylation sites (N-methyl/N-ethyl adjacent to an activating group) is 1. The first-order valence-corrected chi connectivity index (χ1v) is 15.2. The summed E-state index contributed by atoms with van der Waals surface area (Å²) in [4.78, 5) is 27.2. The summed E-state index contributed by atoms with van der Waals surface area (Å²) in [5.74, 6) is 4.48. The molecular formula is C30H45ClN4O4. The molecule has 3 N–H and O–H groups in total. The standard InChI is InChI=1S/C30H45ClN4O4/c1-32-17-25(16-27-23-12-19-11-22(14-23)26(27)13-19)34-29(36)35-8-4-6-21(18-38-9-10-39-30(37)33-2)28(35)20-5-3-7-24(31)15-20/h3,5,7,15,19,21-23,25-28,32H,4,6,8-14,16-18H2,1-2H3,(H,33,37)(H,34,36)/t19-,21-,22-,23-,25-,26-,27-,28-/m0/s1. The molecule has 1 heterocycles. The monoisotopic (exact) mass is 560 g/mol. The minimum absolute atomic E-state index is 0.000306. The molecule has 1 aromatic rings. The van der Waals surface area contributed by atoms with Crippen LogP contribution in [0, 0.1) is 35.5 Å². The Bertz CT molecular complexity index is 991. The largest absolute Gasteiger partial charge is 0.447 e. The summed E-state index contributed by atoms with van der Waals surface area (Å²) in [7, 11) is 3.51. The van der Waals surface area contributed by atoms with Crippen LogP contribution < -0.4 is 16.0 Å². The van der Waals surface area contributed by atoms with Gasteiger partial charge in [-0.1, -0.05) is 23.7 Å². The third kappa shape index (κ3) is 6.66. The number of carbonyl (C=O) groups excluding carboxylic acids is 2. The molecule has 4 bridgehead atoms. The van der Waals surface area contributed by atoms with Gasteiger partial charge in [-0.25, -0.2) is 9.59 Å². The number of urea groups is 1. The van der Waals surface area contributed by atoms with Crippen molar-refractivity contribution in [3.63, 3.8) is 0 Å². The molecule has 5 aliphatic rings. The first kappa shape index (κ1) is 28.5. The predicted octanol–water partition coefficient (Wildman–Crippen LogP) is 4.84. The van der Waals surface area contributed by atoms with E-state index in [0.717, 1.165) is 61.0 Å². The van der Waals surface area contributed by atoms with Crippen molar-refractivity contribution >= 4 is 23.7 Å². The summed E-state index contributed by atoms with van der Waals surface area (Å²) >= 11 is 6.40. The van der Waals surface area contributed by atoms with Gasteiger partial charge in [0.15, 0.2) is 0 Å². The van der Waals surface area contributed by atoms with Crippen molar-refractivity contribution in [2.45, 2.75) is 57.0 Å². The first-order valence-electron chi connectivity index (χ1n) is 14.9. The highest BCUT2D eigenvalue weighted by atomic mass is 35.5. The van der Waals surface area contributed by atoms with Crippen LogP contribution in [0.4, 0.5) is 9.59 Å². The van der Waals surface area contributed by atoms with Crippen LogP contribution >= 0.6 is 11.6 Å². The van der Waals surface area contributed by atoms with Gasteiger partial charge in [0.05, 0.1) is 19.3 Å². The molecule has 0 spiro atoms. The van der Waals surface area contributed by atoms with Crippen LogP contribution in [0.5, 0.6) is 0 Å². The number of rotatable bonds is 11. The Hall–Kier alpha value is -2.03. The van der Waals surface area contributed by atoms with Gasteiger partial charge in [-0.3, -0.25) is 0 Å².